The number of nitrogens with one attached hydrogen (secondary N) is 1. The summed E-state index contributed by atoms with van der Waals surface area (Å²) < 4.78 is 5.29. The Labute approximate surface area is 126 Å². The monoisotopic (exact) mass is 291 g/mol. The Balaban J connectivity index is 1.99. The molecule has 1 fully saturated rings. The number of ether oxygens (including phenoxy) is 1. The minimum Gasteiger partial charge on any atom is -0.496 e. The summed E-state index contributed by atoms with van der Waals surface area (Å²) in [5.41, 5.74) is 1.82. The predicted molar refractivity (Wildman–Crippen MR) is 82.4 cm³/mol. The summed E-state index contributed by atoms with van der Waals surface area (Å²) in [7, 11) is 1.64. The largest absolute Gasteiger partial charge is 0.496 e. The average Bonchev–Trinajstić information content (AvgIpc) is 2.83. The van der Waals surface area contributed by atoms with Gasteiger partial charge in [-0.25, -0.2) is 0 Å². The molecular weight excluding hydrogens is 266 g/mol. The zero-order chi connectivity index (χ0) is 15.5. The number of hydrogen-bond acceptors (Lipinski definition) is 3. The molecule has 2 atom stereocenters. The molecule has 0 aliphatic heterocycles. The van der Waals surface area contributed by atoms with Crippen LogP contribution in [-0.4, -0.2) is 30.8 Å². The Hall–Kier alpha value is -1.55. The Bertz CT molecular complexity index is 515. The number of hydrogen-bond donors (Lipinski definition) is 2. The molecule has 4 heteroatoms. The lowest BCUT2D eigenvalue weighted by Crippen LogP contribution is -2.45. The minimum atomic E-state index is -0.180. The maximum atomic E-state index is 12.2. The van der Waals surface area contributed by atoms with E-state index in [1.165, 1.54) is 0 Å². The van der Waals surface area contributed by atoms with Gasteiger partial charge >= 0.3 is 0 Å². The first-order valence-electron chi connectivity index (χ1n) is 7.52. The molecular formula is C17H25NO3. The van der Waals surface area contributed by atoms with E-state index >= 15 is 0 Å². The van der Waals surface area contributed by atoms with Crippen molar-refractivity contribution in [2.24, 2.45) is 5.41 Å². The standard InChI is InChI=1S/C17H25NO3/c1-12-6-7-13(9-14(12)21-3)10-16(20)18-15-5-4-8-17(15,2)11-19/h6-7,9,15,19H,4-5,8,10-11H2,1-3H3,(H,18,20)/t15-,17+/m1/s1. The maximum absolute atomic E-state index is 12.2. The second-order valence-electron chi connectivity index (χ2n) is 6.31. The van der Waals surface area contributed by atoms with Crippen molar-refractivity contribution in [3.05, 3.63) is 29.3 Å². The van der Waals surface area contributed by atoms with Crippen LogP contribution in [-0.2, 0) is 11.2 Å². The van der Waals surface area contributed by atoms with Crippen LogP contribution in [0, 0.1) is 12.3 Å². The molecule has 2 N–H and O–H groups in total. The molecule has 116 valence electrons. The van der Waals surface area contributed by atoms with Crippen LogP contribution in [0.2, 0.25) is 0 Å². The van der Waals surface area contributed by atoms with Gasteiger partial charge in [-0.3, -0.25) is 4.79 Å². The first-order chi connectivity index (χ1) is 9.98. The molecule has 1 aromatic rings. The van der Waals surface area contributed by atoms with Gasteiger partial charge in [-0.15, -0.1) is 0 Å². The lowest BCUT2D eigenvalue weighted by Gasteiger charge is -2.30. The SMILES string of the molecule is COc1cc(CC(=O)N[C@@H]2CCC[C@@]2(C)CO)ccc1C. The third kappa shape index (κ3) is 3.56. The third-order valence-electron chi connectivity index (χ3n) is 4.62. The van der Waals surface area contributed by atoms with E-state index in [4.69, 9.17) is 4.74 Å². The molecule has 0 aromatic heterocycles. The highest BCUT2D eigenvalue weighted by Crippen LogP contribution is 2.37. The van der Waals surface area contributed by atoms with E-state index in [1.807, 2.05) is 32.0 Å². The summed E-state index contributed by atoms with van der Waals surface area (Å²) in [5, 5.41) is 12.6. The molecule has 1 saturated carbocycles. The zero-order valence-corrected chi connectivity index (χ0v) is 13.1. The number of aliphatic hydroxyl groups excluding tert-OH is 1. The number of benzene rings is 1. The molecule has 0 radical (unpaired) electrons. The Morgan fingerprint density at radius 3 is 2.95 bits per heavy atom. The predicted octanol–water partition coefficient (Wildman–Crippen LogP) is 2.21. The average molecular weight is 291 g/mol. The van der Waals surface area contributed by atoms with Crippen molar-refractivity contribution in [2.45, 2.75) is 45.6 Å². The molecule has 21 heavy (non-hydrogen) atoms. The van der Waals surface area contributed by atoms with Crippen LogP contribution in [0.5, 0.6) is 5.75 Å². The van der Waals surface area contributed by atoms with Gasteiger partial charge in [-0.2, -0.15) is 0 Å². The zero-order valence-electron chi connectivity index (χ0n) is 13.1. The lowest BCUT2D eigenvalue weighted by molar-refractivity contribution is -0.122. The van der Waals surface area contributed by atoms with Crippen molar-refractivity contribution in [3.8, 4) is 5.75 Å². The number of methoxy groups -OCH3 is 1. The molecule has 2 rings (SSSR count). The topological polar surface area (TPSA) is 58.6 Å². The molecule has 1 aromatic carbocycles. The fourth-order valence-electron chi connectivity index (χ4n) is 3.07. The third-order valence-corrected chi connectivity index (χ3v) is 4.62. The number of rotatable bonds is 5. The number of aliphatic hydroxyl groups is 1. The maximum Gasteiger partial charge on any atom is 0.224 e. The van der Waals surface area contributed by atoms with E-state index in [-0.39, 0.29) is 24.0 Å². The number of amides is 1. The van der Waals surface area contributed by atoms with Crippen LogP contribution in [0.4, 0.5) is 0 Å². The molecule has 1 aliphatic carbocycles. The minimum absolute atomic E-state index is 0.00693. The summed E-state index contributed by atoms with van der Waals surface area (Å²) in [5.74, 6) is 0.814. The quantitative estimate of drug-likeness (QED) is 0.874. The fraction of sp³-hybridized carbons (Fsp3) is 0.588. The van der Waals surface area contributed by atoms with Gasteiger partial charge in [-0.1, -0.05) is 25.5 Å². The second kappa shape index (κ2) is 6.48. The van der Waals surface area contributed by atoms with Gasteiger partial charge in [0, 0.05) is 11.5 Å². The van der Waals surface area contributed by atoms with E-state index in [0.717, 1.165) is 36.1 Å². The Morgan fingerprint density at radius 2 is 2.29 bits per heavy atom. The molecule has 1 amide bonds. The van der Waals surface area contributed by atoms with E-state index < -0.39 is 0 Å². The summed E-state index contributed by atoms with van der Waals surface area (Å²) in [4.78, 5) is 12.2. The van der Waals surface area contributed by atoms with Crippen LogP contribution in [0.1, 0.15) is 37.3 Å². The lowest BCUT2D eigenvalue weighted by atomic mass is 9.85. The molecule has 0 spiro atoms. The van der Waals surface area contributed by atoms with Crippen molar-refractivity contribution in [3.63, 3.8) is 0 Å². The van der Waals surface area contributed by atoms with Gasteiger partial charge in [0.25, 0.3) is 0 Å². The molecule has 0 unspecified atom stereocenters. The van der Waals surface area contributed by atoms with Gasteiger partial charge in [0.15, 0.2) is 0 Å². The molecule has 0 saturated heterocycles. The smallest absolute Gasteiger partial charge is 0.224 e. The van der Waals surface area contributed by atoms with Crippen molar-refractivity contribution in [1.29, 1.82) is 0 Å². The Morgan fingerprint density at radius 1 is 1.52 bits per heavy atom. The van der Waals surface area contributed by atoms with E-state index in [9.17, 15) is 9.90 Å². The number of carbonyl (C=O) groups is 1. The van der Waals surface area contributed by atoms with Crippen molar-refractivity contribution in [2.75, 3.05) is 13.7 Å². The molecule has 1 aliphatic rings. The van der Waals surface area contributed by atoms with Crippen LogP contribution in [0.15, 0.2) is 18.2 Å². The van der Waals surface area contributed by atoms with Gasteiger partial charge in [0.1, 0.15) is 5.75 Å². The number of aryl methyl sites for hydroxylation is 1. The molecule has 0 heterocycles. The second-order valence-corrected chi connectivity index (χ2v) is 6.31. The van der Waals surface area contributed by atoms with Crippen molar-refractivity contribution in [1.82, 2.24) is 5.32 Å². The summed E-state index contributed by atoms with van der Waals surface area (Å²) in [6, 6.07) is 5.91. The normalized spacial score (nSPS) is 24.9. The van der Waals surface area contributed by atoms with Gasteiger partial charge in [0.05, 0.1) is 20.1 Å². The summed E-state index contributed by atoms with van der Waals surface area (Å²) in [6.07, 6.45) is 3.31. The number of carbonyl (C=O) groups excluding carboxylic acids is 1. The van der Waals surface area contributed by atoms with E-state index in [0.29, 0.717) is 6.42 Å². The highest BCUT2D eigenvalue weighted by Gasteiger charge is 2.38. The summed E-state index contributed by atoms with van der Waals surface area (Å²) in [6.45, 7) is 4.14. The van der Waals surface area contributed by atoms with Crippen LogP contribution in [0.3, 0.4) is 0 Å². The van der Waals surface area contributed by atoms with Crippen molar-refractivity contribution < 1.29 is 14.6 Å². The summed E-state index contributed by atoms with van der Waals surface area (Å²) >= 11 is 0. The Kier molecular flexibility index (Phi) is 4.88. The van der Waals surface area contributed by atoms with Gasteiger partial charge in [0.2, 0.25) is 5.91 Å². The van der Waals surface area contributed by atoms with Crippen molar-refractivity contribution >= 4 is 5.91 Å². The van der Waals surface area contributed by atoms with E-state index in [1.54, 1.807) is 7.11 Å². The first-order valence-corrected chi connectivity index (χ1v) is 7.52. The highest BCUT2D eigenvalue weighted by atomic mass is 16.5. The van der Waals surface area contributed by atoms with Crippen LogP contribution in [0.25, 0.3) is 0 Å². The highest BCUT2D eigenvalue weighted by molar-refractivity contribution is 5.79. The van der Waals surface area contributed by atoms with Crippen LogP contribution >= 0.6 is 0 Å². The van der Waals surface area contributed by atoms with Crippen LogP contribution < -0.4 is 10.1 Å². The first kappa shape index (κ1) is 15.8. The fourth-order valence-corrected chi connectivity index (χ4v) is 3.07. The van der Waals surface area contributed by atoms with Gasteiger partial charge in [-0.05, 0) is 37.0 Å². The van der Waals surface area contributed by atoms with Gasteiger partial charge < -0.3 is 15.2 Å². The molecule has 4 nitrogen and oxygen atoms in total. The molecule has 0 bridgehead atoms. The van der Waals surface area contributed by atoms with E-state index in [2.05, 4.69) is 5.32 Å².